The van der Waals surface area contributed by atoms with Gasteiger partial charge in [0.15, 0.2) is 0 Å². The van der Waals surface area contributed by atoms with Crippen LogP contribution < -0.4 is 5.59 Å². The molecule has 1 N–H and O–H groups in total. The molecule has 1 saturated heterocycles. The van der Waals surface area contributed by atoms with Crippen LogP contribution in [-0.4, -0.2) is 35.2 Å². The number of rotatable bonds is 3. The second-order valence-electron chi connectivity index (χ2n) is 4.22. The summed E-state index contributed by atoms with van der Waals surface area (Å²) in [6.07, 6.45) is 5.13. The van der Waals surface area contributed by atoms with Gasteiger partial charge in [-0.2, -0.15) is 0 Å². The zero-order valence-electron chi connectivity index (χ0n) is 9.57. The molecule has 2 heterocycles. The first-order valence-corrected chi connectivity index (χ1v) is 5.82. The second kappa shape index (κ2) is 4.72. The molecule has 5 heteroatoms. The predicted octanol–water partition coefficient (Wildman–Crippen LogP) is 0.667. The Kier molecular flexibility index (Phi) is 3.32. The molecule has 4 nitrogen and oxygen atoms in total. The highest BCUT2D eigenvalue weighted by molar-refractivity contribution is 6.30. The van der Waals surface area contributed by atoms with Crippen molar-refractivity contribution >= 4 is 19.3 Å². The van der Waals surface area contributed by atoms with Crippen molar-refractivity contribution in [3.05, 3.63) is 12.0 Å². The molecule has 1 aromatic rings. The Morgan fingerprint density at radius 2 is 2.56 bits per heavy atom. The van der Waals surface area contributed by atoms with Crippen LogP contribution in [0.25, 0.3) is 0 Å². The molecule has 1 amide bonds. The summed E-state index contributed by atoms with van der Waals surface area (Å²) in [5.41, 5.74) is 0.560. The zero-order valence-corrected chi connectivity index (χ0v) is 9.57. The summed E-state index contributed by atoms with van der Waals surface area (Å²) in [6, 6.07) is 0.0938. The maximum atomic E-state index is 11.9. The van der Waals surface area contributed by atoms with Crippen LogP contribution in [0.1, 0.15) is 44.5 Å². The fraction of sp³-hybridized carbons (Fsp3) is 0.636. The minimum absolute atomic E-state index is 0.0938. The summed E-state index contributed by atoms with van der Waals surface area (Å²) in [5, 5.41) is 0. The van der Waals surface area contributed by atoms with Gasteiger partial charge >= 0.3 is 0 Å². The van der Waals surface area contributed by atoms with Crippen LogP contribution >= 0.6 is 0 Å². The summed E-state index contributed by atoms with van der Waals surface area (Å²) in [7, 11) is 5.60. The SMILES string of the molecule is [B]c1cnc(C2CCCN2C(=O)CCC)[nH]1. The molecule has 2 rings (SSSR count). The summed E-state index contributed by atoms with van der Waals surface area (Å²) in [6.45, 7) is 2.86. The lowest BCUT2D eigenvalue weighted by atomic mass is 10.1. The van der Waals surface area contributed by atoms with Crippen LogP contribution in [0.15, 0.2) is 6.20 Å². The van der Waals surface area contributed by atoms with Crippen LogP contribution in [0.3, 0.4) is 0 Å². The third-order valence-corrected chi connectivity index (χ3v) is 2.97. The van der Waals surface area contributed by atoms with Crippen molar-refractivity contribution in [2.45, 2.75) is 38.6 Å². The van der Waals surface area contributed by atoms with E-state index in [2.05, 4.69) is 9.97 Å². The maximum Gasteiger partial charge on any atom is 0.223 e. The number of carbonyl (C=O) groups excluding carboxylic acids is 1. The summed E-state index contributed by atoms with van der Waals surface area (Å²) >= 11 is 0. The van der Waals surface area contributed by atoms with Crippen molar-refractivity contribution in [1.82, 2.24) is 14.9 Å². The molecule has 0 aliphatic carbocycles. The van der Waals surface area contributed by atoms with E-state index in [1.165, 1.54) is 0 Å². The predicted molar refractivity (Wildman–Crippen MR) is 62.6 cm³/mol. The van der Waals surface area contributed by atoms with Crippen molar-refractivity contribution in [3.8, 4) is 0 Å². The van der Waals surface area contributed by atoms with Gasteiger partial charge < -0.3 is 9.88 Å². The highest BCUT2D eigenvalue weighted by Gasteiger charge is 2.30. The molecular formula is C11H16BN3O. The maximum absolute atomic E-state index is 11.9. The third kappa shape index (κ3) is 2.13. The molecule has 1 aliphatic heterocycles. The van der Waals surface area contributed by atoms with E-state index in [9.17, 15) is 4.79 Å². The molecule has 1 fully saturated rings. The largest absolute Gasteiger partial charge is 0.354 e. The lowest BCUT2D eigenvalue weighted by molar-refractivity contribution is -0.132. The highest BCUT2D eigenvalue weighted by atomic mass is 16.2. The van der Waals surface area contributed by atoms with Gasteiger partial charge in [0, 0.05) is 19.2 Å². The van der Waals surface area contributed by atoms with Crippen LogP contribution in [0.5, 0.6) is 0 Å². The lowest BCUT2D eigenvalue weighted by Crippen LogP contribution is -2.30. The van der Waals surface area contributed by atoms with Crippen LogP contribution in [0.2, 0.25) is 0 Å². The van der Waals surface area contributed by atoms with E-state index in [1.54, 1.807) is 6.20 Å². The summed E-state index contributed by atoms with van der Waals surface area (Å²) in [4.78, 5) is 21.0. The number of carbonyl (C=O) groups is 1. The van der Waals surface area contributed by atoms with Gasteiger partial charge in [-0.1, -0.05) is 6.92 Å². The van der Waals surface area contributed by atoms with Gasteiger partial charge in [0.25, 0.3) is 0 Å². The topological polar surface area (TPSA) is 49.0 Å². The van der Waals surface area contributed by atoms with E-state index in [1.807, 2.05) is 11.8 Å². The van der Waals surface area contributed by atoms with Gasteiger partial charge in [0.2, 0.25) is 5.91 Å². The lowest BCUT2D eigenvalue weighted by Gasteiger charge is -2.23. The second-order valence-corrected chi connectivity index (χ2v) is 4.22. The van der Waals surface area contributed by atoms with Crippen molar-refractivity contribution in [3.63, 3.8) is 0 Å². The van der Waals surface area contributed by atoms with Crippen LogP contribution in [0.4, 0.5) is 0 Å². The highest BCUT2D eigenvalue weighted by Crippen LogP contribution is 2.29. The molecule has 1 unspecified atom stereocenters. The zero-order chi connectivity index (χ0) is 11.5. The van der Waals surface area contributed by atoms with Crippen molar-refractivity contribution in [2.24, 2.45) is 0 Å². The number of likely N-dealkylation sites (tertiary alicyclic amines) is 1. The monoisotopic (exact) mass is 217 g/mol. The Bertz CT molecular complexity index is 377. The summed E-state index contributed by atoms with van der Waals surface area (Å²) in [5.74, 6) is 1.04. The molecule has 1 atom stereocenters. The first kappa shape index (κ1) is 11.2. The van der Waals surface area contributed by atoms with Crippen molar-refractivity contribution < 1.29 is 4.79 Å². The van der Waals surface area contributed by atoms with Gasteiger partial charge in [-0.3, -0.25) is 4.79 Å². The fourth-order valence-electron chi connectivity index (χ4n) is 2.23. The Labute approximate surface area is 96.8 Å². The smallest absolute Gasteiger partial charge is 0.223 e. The fourth-order valence-corrected chi connectivity index (χ4v) is 2.23. The van der Waals surface area contributed by atoms with E-state index < -0.39 is 0 Å². The third-order valence-electron chi connectivity index (χ3n) is 2.97. The van der Waals surface area contributed by atoms with E-state index in [0.29, 0.717) is 12.0 Å². The number of H-pyrrole nitrogens is 1. The van der Waals surface area contributed by atoms with Gasteiger partial charge in [-0.15, -0.1) is 0 Å². The average Bonchev–Trinajstić information content (AvgIpc) is 2.85. The minimum Gasteiger partial charge on any atom is -0.354 e. The normalized spacial score (nSPS) is 20.3. The molecule has 0 saturated carbocycles. The molecule has 0 spiro atoms. The Hall–Kier alpha value is -1.26. The number of hydrogen-bond acceptors (Lipinski definition) is 2. The Balaban J connectivity index is 2.11. The van der Waals surface area contributed by atoms with Crippen molar-refractivity contribution in [2.75, 3.05) is 6.54 Å². The minimum atomic E-state index is 0.0938. The van der Waals surface area contributed by atoms with E-state index >= 15 is 0 Å². The Morgan fingerprint density at radius 1 is 1.75 bits per heavy atom. The number of amides is 1. The first-order chi connectivity index (χ1) is 7.72. The number of nitrogens with zero attached hydrogens (tertiary/aromatic N) is 2. The standard InChI is InChI=1S/C11H16BN3O/c1-2-4-10(16)15-6-3-5-8(15)11-13-7-9(12)14-11/h7-8H,2-6H2,1H3,(H,13,14). The molecule has 1 aromatic heterocycles. The van der Waals surface area contributed by atoms with Crippen molar-refractivity contribution in [1.29, 1.82) is 0 Å². The first-order valence-electron chi connectivity index (χ1n) is 5.82. The van der Waals surface area contributed by atoms with Crippen LogP contribution in [0, 0.1) is 0 Å². The molecule has 0 bridgehead atoms. The number of aromatic nitrogens is 2. The summed E-state index contributed by atoms with van der Waals surface area (Å²) < 4.78 is 0. The number of aromatic amines is 1. The van der Waals surface area contributed by atoms with E-state index in [-0.39, 0.29) is 11.9 Å². The van der Waals surface area contributed by atoms with E-state index in [4.69, 9.17) is 7.85 Å². The molecule has 0 aromatic carbocycles. The number of hydrogen-bond donors (Lipinski definition) is 1. The van der Waals surface area contributed by atoms with Gasteiger partial charge in [0.05, 0.1) is 6.04 Å². The molecule has 2 radical (unpaired) electrons. The van der Waals surface area contributed by atoms with E-state index in [0.717, 1.165) is 31.6 Å². The van der Waals surface area contributed by atoms with Gasteiger partial charge in [0.1, 0.15) is 13.7 Å². The van der Waals surface area contributed by atoms with Crippen LogP contribution in [-0.2, 0) is 4.79 Å². The molecule has 84 valence electrons. The number of imidazole rings is 1. The molecular weight excluding hydrogens is 201 g/mol. The molecule has 16 heavy (non-hydrogen) atoms. The molecule has 1 aliphatic rings. The number of nitrogens with one attached hydrogen (secondary N) is 1. The van der Waals surface area contributed by atoms with Gasteiger partial charge in [-0.25, -0.2) is 4.98 Å². The Morgan fingerprint density at radius 3 is 3.19 bits per heavy atom. The average molecular weight is 217 g/mol. The quantitative estimate of drug-likeness (QED) is 0.756. The van der Waals surface area contributed by atoms with Gasteiger partial charge in [-0.05, 0) is 24.9 Å².